The van der Waals surface area contributed by atoms with Gasteiger partial charge < -0.3 is 0 Å². The van der Waals surface area contributed by atoms with Crippen molar-refractivity contribution in [1.29, 1.82) is 0 Å². The van der Waals surface area contributed by atoms with E-state index in [0.29, 0.717) is 0 Å². The van der Waals surface area contributed by atoms with E-state index in [1.807, 2.05) is 25.1 Å². The van der Waals surface area contributed by atoms with Crippen molar-refractivity contribution < 1.29 is 0 Å². The van der Waals surface area contributed by atoms with Gasteiger partial charge in [0.05, 0.1) is 5.71 Å². The normalized spacial score (nSPS) is 13.0. The quantitative estimate of drug-likeness (QED) is 0.525. The molecule has 0 aliphatic carbocycles. The molecule has 0 saturated carbocycles. The topological polar surface area (TPSA) is 24.7 Å². The van der Waals surface area contributed by atoms with Gasteiger partial charge in [-0.3, -0.25) is 0 Å². The van der Waals surface area contributed by atoms with E-state index >= 15 is 0 Å². The Hall–Kier alpha value is -1.44. The fraction of sp³-hybridized carbons (Fsp3) is 0.385. The molecule has 15 heavy (non-hydrogen) atoms. The third kappa shape index (κ3) is 3.66. The molecule has 0 N–H and O–H groups in total. The summed E-state index contributed by atoms with van der Waals surface area (Å²) in [7, 11) is 0. The highest BCUT2D eigenvalue weighted by atomic mass is 15.2. The zero-order chi connectivity index (χ0) is 11.1. The second-order valence-electron chi connectivity index (χ2n) is 3.46. The number of nitrogens with zero attached hydrogens (tertiary/aromatic N) is 2. The van der Waals surface area contributed by atoms with Gasteiger partial charge in [0, 0.05) is 5.71 Å². The standard InChI is InChI=1S/C13H18N2/c1-4-11(3)14-15-13(5-2)12-9-7-6-8-10-12/h6-10H,4-5H2,1-3H3/b14-11+,15-13+. The summed E-state index contributed by atoms with van der Waals surface area (Å²) < 4.78 is 0. The van der Waals surface area contributed by atoms with Crippen molar-refractivity contribution in [3.63, 3.8) is 0 Å². The molecule has 0 unspecified atom stereocenters. The van der Waals surface area contributed by atoms with Crippen LogP contribution in [0.5, 0.6) is 0 Å². The molecule has 2 heteroatoms. The van der Waals surface area contributed by atoms with Crippen LogP contribution < -0.4 is 0 Å². The van der Waals surface area contributed by atoms with E-state index in [9.17, 15) is 0 Å². The van der Waals surface area contributed by atoms with Gasteiger partial charge in [-0.1, -0.05) is 44.2 Å². The van der Waals surface area contributed by atoms with E-state index in [1.54, 1.807) is 0 Å². The molecule has 0 bridgehead atoms. The van der Waals surface area contributed by atoms with Gasteiger partial charge in [0.25, 0.3) is 0 Å². The van der Waals surface area contributed by atoms with Crippen LogP contribution in [0.3, 0.4) is 0 Å². The van der Waals surface area contributed by atoms with Crippen LogP contribution in [-0.2, 0) is 0 Å². The fourth-order valence-electron chi connectivity index (χ4n) is 1.18. The zero-order valence-electron chi connectivity index (χ0n) is 9.70. The molecule has 0 aromatic heterocycles. The van der Waals surface area contributed by atoms with E-state index in [4.69, 9.17) is 0 Å². The van der Waals surface area contributed by atoms with Crippen LogP contribution in [0.15, 0.2) is 40.5 Å². The van der Waals surface area contributed by atoms with Gasteiger partial charge in [-0.25, -0.2) is 0 Å². The Kier molecular flexibility index (Phi) is 4.75. The second-order valence-corrected chi connectivity index (χ2v) is 3.46. The molecule has 0 amide bonds. The first-order valence-corrected chi connectivity index (χ1v) is 5.43. The summed E-state index contributed by atoms with van der Waals surface area (Å²) in [6.45, 7) is 6.19. The lowest BCUT2D eigenvalue weighted by atomic mass is 10.1. The Labute approximate surface area is 91.7 Å². The van der Waals surface area contributed by atoms with Crippen LogP contribution in [0.2, 0.25) is 0 Å². The molecule has 2 nitrogen and oxygen atoms in total. The molecule has 0 saturated heterocycles. The maximum Gasteiger partial charge on any atom is 0.0699 e. The average Bonchev–Trinajstić information content (AvgIpc) is 2.31. The van der Waals surface area contributed by atoms with Crippen molar-refractivity contribution in [2.24, 2.45) is 10.2 Å². The van der Waals surface area contributed by atoms with E-state index in [-0.39, 0.29) is 0 Å². The van der Waals surface area contributed by atoms with Gasteiger partial charge in [-0.15, -0.1) is 0 Å². The summed E-state index contributed by atoms with van der Waals surface area (Å²) in [5.41, 5.74) is 3.27. The molecule has 0 spiro atoms. The van der Waals surface area contributed by atoms with Crippen LogP contribution in [0.1, 0.15) is 39.2 Å². The number of hydrogen-bond donors (Lipinski definition) is 0. The number of hydrogen-bond acceptors (Lipinski definition) is 2. The summed E-state index contributed by atoms with van der Waals surface area (Å²) in [6, 6.07) is 10.2. The minimum Gasteiger partial charge on any atom is -0.160 e. The third-order valence-corrected chi connectivity index (χ3v) is 2.29. The maximum absolute atomic E-state index is 4.29. The van der Waals surface area contributed by atoms with Gasteiger partial charge in [0.15, 0.2) is 0 Å². The molecule has 0 atom stereocenters. The fourth-order valence-corrected chi connectivity index (χ4v) is 1.18. The Morgan fingerprint density at radius 3 is 2.20 bits per heavy atom. The van der Waals surface area contributed by atoms with Crippen molar-refractivity contribution in [3.05, 3.63) is 35.9 Å². The first-order chi connectivity index (χ1) is 7.27. The lowest BCUT2D eigenvalue weighted by Crippen LogP contribution is -1.98. The van der Waals surface area contributed by atoms with Crippen LogP contribution in [0, 0.1) is 0 Å². The zero-order valence-corrected chi connectivity index (χ0v) is 9.70. The summed E-state index contributed by atoms with van der Waals surface area (Å²) in [6.07, 6.45) is 1.86. The molecule has 1 rings (SSSR count). The van der Waals surface area contributed by atoms with Crippen molar-refractivity contribution in [2.45, 2.75) is 33.6 Å². The molecule has 1 aromatic carbocycles. The van der Waals surface area contributed by atoms with Crippen LogP contribution >= 0.6 is 0 Å². The lowest BCUT2D eigenvalue weighted by Gasteiger charge is -2.01. The SMILES string of the molecule is CC/C(C)=N/N=C(\CC)c1ccccc1. The Morgan fingerprint density at radius 1 is 1.00 bits per heavy atom. The largest absolute Gasteiger partial charge is 0.160 e. The van der Waals surface area contributed by atoms with Crippen molar-refractivity contribution >= 4 is 11.4 Å². The Bertz CT molecular complexity index is 350. The highest BCUT2D eigenvalue weighted by molar-refractivity contribution is 6.00. The molecule has 0 aliphatic heterocycles. The highest BCUT2D eigenvalue weighted by Gasteiger charge is 1.98. The summed E-state index contributed by atoms with van der Waals surface area (Å²) >= 11 is 0. The van der Waals surface area contributed by atoms with Gasteiger partial charge >= 0.3 is 0 Å². The molecular formula is C13H18N2. The number of benzene rings is 1. The maximum atomic E-state index is 4.29. The molecule has 0 heterocycles. The monoisotopic (exact) mass is 202 g/mol. The van der Waals surface area contributed by atoms with Gasteiger partial charge in [0.1, 0.15) is 0 Å². The molecule has 0 fully saturated rings. The van der Waals surface area contributed by atoms with Crippen LogP contribution in [-0.4, -0.2) is 11.4 Å². The number of rotatable bonds is 4. The molecule has 0 aliphatic rings. The third-order valence-electron chi connectivity index (χ3n) is 2.29. The summed E-state index contributed by atoms with van der Waals surface area (Å²) in [5, 5.41) is 8.48. The molecule has 0 radical (unpaired) electrons. The summed E-state index contributed by atoms with van der Waals surface area (Å²) in [5.74, 6) is 0. The van der Waals surface area contributed by atoms with Gasteiger partial charge in [0.2, 0.25) is 0 Å². The van der Waals surface area contributed by atoms with Gasteiger partial charge in [-0.05, 0) is 25.3 Å². The predicted octanol–water partition coefficient (Wildman–Crippen LogP) is 3.67. The second kappa shape index (κ2) is 6.12. The van der Waals surface area contributed by atoms with Crippen LogP contribution in [0.25, 0.3) is 0 Å². The van der Waals surface area contributed by atoms with E-state index in [2.05, 4.69) is 36.2 Å². The Morgan fingerprint density at radius 2 is 1.67 bits per heavy atom. The first-order valence-electron chi connectivity index (χ1n) is 5.43. The van der Waals surface area contributed by atoms with E-state index in [1.165, 1.54) is 0 Å². The van der Waals surface area contributed by atoms with Crippen molar-refractivity contribution in [1.82, 2.24) is 0 Å². The molecular weight excluding hydrogens is 184 g/mol. The van der Waals surface area contributed by atoms with E-state index < -0.39 is 0 Å². The Balaban J connectivity index is 2.90. The lowest BCUT2D eigenvalue weighted by molar-refractivity contribution is 1.13. The van der Waals surface area contributed by atoms with E-state index in [0.717, 1.165) is 29.8 Å². The smallest absolute Gasteiger partial charge is 0.0699 e. The minimum absolute atomic E-state index is 0.907. The van der Waals surface area contributed by atoms with Crippen molar-refractivity contribution in [2.75, 3.05) is 0 Å². The average molecular weight is 202 g/mol. The first kappa shape index (κ1) is 11.6. The highest BCUT2D eigenvalue weighted by Crippen LogP contribution is 2.04. The molecule has 1 aromatic rings. The van der Waals surface area contributed by atoms with Crippen LogP contribution in [0.4, 0.5) is 0 Å². The summed E-state index contributed by atoms with van der Waals surface area (Å²) in [4.78, 5) is 0. The minimum atomic E-state index is 0.907. The van der Waals surface area contributed by atoms with Crippen molar-refractivity contribution in [3.8, 4) is 0 Å². The predicted molar refractivity (Wildman–Crippen MR) is 66.7 cm³/mol. The molecule has 80 valence electrons. The van der Waals surface area contributed by atoms with Gasteiger partial charge in [-0.2, -0.15) is 10.2 Å².